The Morgan fingerprint density at radius 3 is 2.54 bits per heavy atom. The molecule has 37 heavy (non-hydrogen) atoms. The molecule has 11 nitrogen and oxygen atoms in total. The van der Waals surface area contributed by atoms with E-state index in [2.05, 4.69) is 5.48 Å². The Bertz CT molecular complexity index is 1240. The van der Waals surface area contributed by atoms with E-state index in [1.165, 1.54) is 31.1 Å². The maximum atomic E-state index is 13.7. The van der Waals surface area contributed by atoms with Crippen LogP contribution < -0.4 is 11.2 Å². The highest BCUT2D eigenvalue weighted by molar-refractivity contribution is 6.24. The number of aliphatic hydroxyl groups excluding tert-OH is 2. The molecule has 0 aromatic heterocycles. The third kappa shape index (κ3) is 4.07. The first-order valence-electron chi connectivity index (χ1n) is 11.4. The number of alkyl halides is 2. The molecule has 1 amide bonds. The molecule has 1 aromatic rings. The molecule has 1 fully saturated rings. The fourth-order valence-electron chi connectivity index (χ4n) is 5.72. The number of phenols is 1. The molecule has 1 saturated carbocycles. The standard InChI is InChI=1S/C24H27F2N3O8/c1-29(2)18-12-6-10-5-11-9(7-28-37-8-14(25)26)3-4-13(30)16(11)19(31)15(10)21(33)24(12,36)22(34)17(20(18)32)23(27)35/h3-4,10,12,14,18,28,30-31,34,36H,5-8H2,1-2H3,(H2,27,35)/t10-,12-,18-,24-/m0/s1. The number of Topliss-reactive ketones (excluding diaryl/α,β-unsaturated/α-hetero) is 2. The first kappa shape index (κ1) is 26.7. The number of phenolic OH excluding ortho intramolecular Hbond substituents is 1. The molecule has 3 aliphatic carbocycles. The lowest BCUT2D eigenvalue weighted by Crippen LogP contribution is -2.65. The Morgan fingerprint density at radius 2 is 1.95 bits per heavy atom. The van der Waals surface area contributed by atoms with Crippen LogP contribution in [-0.2, 0) is 32.2 Å². The fraction of sp³-hybridized carbons (Fsp3) is 0.458. The van der Waals surface area contributed by atoms with Crippen molar-refractivity contribution in [1.29, 1.82) is 0 Å². The SMILES string of the molecule is CN(C)[C@@H]1C(=O)C(C(N)=O)=C(O)[C@@]2(O)C(=O)C3=C(O)c4c(O)ccc(CNOCC(F)F)c4C[C@H]3C[C@@H]12. The molecular weight excluding hydrogens is 496 g/mol. The number of aromatic hydroxyl groups is 1. The second-order valence-electron chi connectivity index (χ2n) is 9.58. The van der Waals surface area contributed by atoms with Gasteiger partial charge in [0.2, 0.25) is 5.78 Å². The number of aliphatic hydroxyl groups is 3. The van der Waals surface area contributed by atoms with Gasteiger partial charge in [0, 0.05) is 18.0 Å². The number of primary amides is 1. The van der Waals surface area contributed by atoms with Crippen LogP contribution in [0.2, 0.25) is 0 Å². The van der Waals surface area contributed by atoms with Crippen LogP contribution in [0.4, 0.5) is 8.78 Å². The first-order chi connectivity index (χ1) is 17.3. The number of nitrogens with one attached hydrogen (secondary N) is 1. The van der Waals surface area contributed by atoms with Crippen LogP contribution in [0.3, 0.4) is 0 Å². The van der Waals surface area contributed by atoms with Gasteiger partial charge in [0.15, 0.2) is 11.4 Å². The number of likely N-dealkylation sites (N-methyl/N-ethyl adjacent to an activating group) is 1. The van der Waals surface area contributed by atoms with E-state index in [9.17, 15) is 43.6 Å². The number of halogens is 2. The normalized spacial score (nSPS) is 27.5. The monoisotopic (exact) mass is 523 g/mol. The van der Waals surface area contributed by atoms with Crippen molar-refractivity contribution in [3.63, 3.8) is 0 Å². The summed E-state index contributed by atoms with van der Waals surface area (Å²) in [7, 11) is 3.02. The van der Waals surface area contributed by atoms with Crippen LogP contribution in [0, 0.1) is 11.8 Å². The number of fused-ring (bicyclic) bond motifs is 3. The number of hydrogen-bond acceptors (Lipinski definition) is 10. The van der Waals surface area contributed by atoms with Gasteiger partial charge in [-0.1, -0.05) is 6.07 Å². The summed E-state index contributed by atoms with van der Waals surface area (Å²) in [6.45, 7) is -0.909. The average Bonchev–Trinajstić information content (AvgIpc) is 2.79. The predicted molar refractivity (Wildman–Crippen MR) is 123 cm³/mol. The van der Waals surface area contributed by atoms with Crippen LogP contribution in [0.1, 0.15) is 23.1 Å². The zero-order chi connectivity index (χ0) is 27.4. The van der Waals surface area contributed by atoms with Crippen LogP contribution in [-0.4, -0.2) is 81.6 Å². The van der Waals surface area contributed by atoms with Gasteiger partial charge in [-0.3, -0.25) is 24.1 Å². The van der Waals surface area contributed by atoms with E-state index in [0.29, 0.717) is 11.1 Å². The Labute approximate surface area is 209 Å². The third-order valence-corrected chi connectivity index (χ3v) is 7.28. The number of rotatable bonds is 7. The van der Waals surface area contributed by atoms with Crippen LogP contribution in [0.15, 0.2) is 29.0 Å². The van der Waals surface area contributed by atoms with Gasteiger partial charge >= 0.3 is 0 Å². The maximum absolute atomic E-state index is 13.7. The topological polar surface area (TPSA) is 183 Å². The van der Waals surface area contributed by atoms with E-state index in [1.54, 1.807) is 0 Å². The van der Waals surface area contributed by atoms with Crippen molar-refractivity contribution in [2.75, 3.05) is 20.7 Å². The van der Waals surface area contributed by atoms with Gasteiger partial charge < -0.3 is 26.2 Å². The van der Waals surface area contributed by atoms with Crippen molar-refractivity contribution >= 4 is 23.2 Å². The zero-order valence-corrected chi connectivity index (χ0v) is 20.0. The smallest absolute Gasteiger partial charge is 0.263 e. The number of nitrogens with two attached hydrogens (primary N) is 1. The molecule has 4 atom stereocenters. The average molecular weight is 523 g/mol. The highest BCUT2D eigenvalue weighted by atomic mass is 19.3. The summed E-state index contributed by atoms with van der Waals surface area (Å²) in [6.07, 6.45) is -2.67. The molecule has 4 rings (SSSR count). The van der Waals surface area contributed by atoms with Crippen molar-refractivity contribution in [1.82, 2.24) is 10.4 Å². The quantitative estimate of drug-likeness (QED) is 0.165. The van der Waals surface area contributed by atoms with E-state index in [1.807, 2.05) is 0 Å². The molecule has 13 heteroatoms. The maximum Gasteiger partial charge on any atom is 0.263 e. The molecule has 1 aromatic carbocycles. The van der Waals surface area contributed by atoms with E-state index in [-0.39, 0.29) is 36.3 Å². The number of carbonyl (C=O) groups is 3. The number of benzene rings is 1. The number of carbonyl (C=O) groups excluding carboxylic acids is 3. The van der Waals surface area contributed by atoms with Gasteiger partial charge in [-0.15, -0.1) is 0 Å². The summed E-state index contributed by atoms with van der Waals surface area (Å²) in [5, 5.41) is 44.0. The summed E-state index contributed by atoms with van der Waals surface area (Å²) >= 11 is 0. The minimum atomic E-state index is -2.72. The summed E-state index contributed by atoms with van der Waals surface area (Å²) in [5.41, 5.74) is 4.62. The highest BCUT2D eigenvalue weighted by Crippen LogP contribution is 2.52. The van der Waals surface area contributed by atoms with E-state index >= 15 is 0 Å². The minimum absolute atomic E-state index is 0.0592. The largest absolute Gasteiger partial charge is 0.508 e. The first-order valence-corrected chi connectivity index (χ1v) is 11.4. The summed E-state index contributed by atoms with van der Waals surface area (Å²) in [5.74, 6) is -7.39. The van der Waals surface area contributed by atoms with Crippen LogP contribution >= 0.6 is 0 Å². The van der Waals surface area contributed by atoms with Crippen LogP contribution in [0.25, 0.3) is 5.76 Å². The number of nitrogens with zero attached hydrogens (tertiary/aromatic N) is 1. The van der Waals surface area contributed by atoms with Crippen molar-refractivity contribution < 1.29 is 48.4 Å². The number of hydrogen-bond donors (Lipinski definition) is 6. The molecule has 0 heterocycles. The Kier molecular flexibility index (Phi) is 6.84. The molecular formula is C24H27F2N3O8. The molecule has 0 saturated heterocycles. The third-order valence-electron chi connectivity index (χ3n) is 7.28. The molecule has 7 N–H and O–H groups in total. The van der Waals surface area contributed by atoms with Gasteiger partial charge in [-0.2, -0.15) is 5.48 Å². The molecule has 0 spiro atoms. The van der Waals surface area contributed by atoms with Gasteiger partial charge in [-0.25, -0.2) is 8.78 Å². The van der Waals surface area contributed by atoms with Gasteiger partial charge in [0.05, 0.1) is 11.6 Å². The highest BCUT2D eigenvalue weighted by Gasteiger charge is 2.64. The summed E-state index contributed by atoms with van der Waals surface area (Å²) in [6, 6.07) is 1.56. The lowest BCUT2D eigenvalue weighted by molar-refractivity contribution is -0.153. The van der Waals surface area contributed by atoms with Gasteiger partial charge in [0.1, 0.15) is 29.4 Å². The van der Waals surface area contributed by atoms with E-state index < -0.39 is 71.1 Å². The number of hydroxylamine groups is 1. The fourth-order valence-corrected chi connectivity index (χ4v) is 5.72. The Hall–Kier alpha value is -3.39. The zero-order valence-electron chi connectivity index (χ0n) is 20.0. The van der Waals surface area contributed by atoms with Crippen molar-refractivity contribution in [2.45, 2.75) is 37.5 Å². The van der Waals surface area contributed by atoms with Gasteiger partial charge in [0.25, 0.3) is 12.3 Å². The molecule has 0 bridgehead atoms. The summed E-state index contributed by atoms with van der Waals surface area (Å²) < 4.78 is 24.8. The van der Waals surface area contributed by atoms with Crippen molar-refractivity contribution in [3.05, 3.63) is 45.7 Å². The minimum Gasteiger partial charge on any atom is -0.508 e. The Balaban J connectivity index is 1.83. The Morgan fingerprint density at radius 1 is 1.27 bits per heavy atom. The van der Waals surface area contributed by atoms with Crippen molar-refractivity contribution in [3.8, 4) is 5.75 Å². The molecule has 200 valence electrons. The van der Waals surface area contributed by atoms with E-state index in [0.717, 1.165) is 0 Å². The van der Waals surface area contributed by atoms with E-state index in [4.69, 9.17) is 10.6 Å². The summed E-state index contributed by atoms with van der Waals surface area (Å²) in [4.78, 5) is 44.9. The van der Waals surface area contributed by atoms with Crippen molar-refractivity contribution in [2.24, 2.45) is 17.6 Å². The predicted octanol–water partition coefficient (Wildman–Crippen LogP) is 0.250. The molecule has 0 aliphatic heterocycles. The molecule has 0 unspecified atom stereocenters. The number of amides is 1. The van der Waals surface area contributed by atoms with Crippen LogP contribution in [0.5, 0.6) is 5.75 Å². The second kappa shape index (κ2) is 9.49. The molecule has 3 aliphatic rings. The molecule has 0 radical (unpaired) electrons. The second-order valence-corrected chi connectivity index (χ2v) is 9.58. The lowest BCUT2D eigenvalue weighted by Gasteiger charge is -2.50. The van der Waals surface area contributed by atoms with Gasteiger partial charge in [-0.05, 0) is 50.0 Å². The number of ketones is 2. The lowest BCUT2D eigenvalue weighted by atomic mass is 9.57.